The summed E-state index contributed by atoms with van der Waals surface area (Å²) < 4.78 is 0. The molecule has 1 nitrogen and oxygen atoms in total. The smallest absolute Gasteiger partial charge is 0.0711 e. The van der Waals surface area contributed by atoms with Crippen LogP contribution >= 0.6 is 0 Å². The van der Waals surface area contributed by atoms with Crippen LogP contribution in [0.2, 0.25) is 0 Å². The second kappa shape index (κ2) is 13.7. The normalized spacial score (nSPS) is 22.1. The maximum Gasteiger partial charge on any atom is 0.0711 e. The molecule has 65 heavy (non-hydrogen) atoms. The Morgan fingerprint density at radius 3 is 2.00 bits per heavy atom. The number of allylic oxidation sites excluding steroid dienone is 8. The van der Waals surface area contributed by atoms with Gasteiger partial charge in [-0.15, -0.1) is 0 Å². The fourth-order valence-corrected chi connectivity index (χ4v) is 13.4. The number of rotatable bonds is 4. The number of aliphatic imine (C=N–C) groups is 1. The Morgan fingerprint density at radius 2 is 1.14 bits per heavy atom. The molecule has 0 amide bonds. The molecule has 8 aromatic carbocycles. The molecule has 4 unspecified atom stereocenters. The average molecular weight is 828 g/mol. The van der Waals surface area contributed by atoms with Crippen molar-refractivity contribution in [2.24, 2.45) is 10.9 Å². The highest BCUT2D eigenvalue weighted by Crippen LogP contribution is 2.66. The topological polar surface area (TPSA) is 12.4 Å². The molecular weight excluding hydrogens is 783 g/mol. The summed E-state index contributed by atoms with van der Waals surface area (Å²) in [6.07, 6.45) is 16.2. The van der Waals surface area contributed by atoms with Crippen molar-refractivity contribution in [1.29, 1.82) is 0 Å². The van der Waals surface area contributed by atoms with Crippen LogP contribution in [0, 0.1) is 5.92 Å². The van der Waals surface area contributed by atoms with Crippen LogP contribution in [-0.2, 0) is 10.8 Å². The zero-order valence-electron chi connectivity index (χ0n) is 36.3. The Morgan fingerprint density at radius 1 is 0.492 bits per heavy atom. The number of para-hydroxylation sites is 1. The highest BCUT2D eigenvalue weighted by molar-refractivity contribution is 6.03. The first-order valence-corrected chi connectivity index (χ1v) is 23.3. The van der Waals surface area contributed by atoms with E-state index in [0.717, 1.165) is 35.4 Å². The van der Waals surface area contributed by atoms with E-state index in [1.54, 1.807) is 5.57 Å². The first kappa shape index (κ1) is 36.8. The molecule has 0 aliphatic heterocycles. The number of fused-ring (bicyclic) bond motifs is 19. The summed E-state index contributed by atoms with van der Waals surface area (Å²) in [5, 5.41) is 0. The monoisotopic (exact) mass is 827 g/mol. The molecule has 8 aromatic rings. The van der Waals surface area contributed by atoms with Gasteiger partial charge in [0, 0.05) is 23.1 Å². The van der Waals surface area contributed by atoms with E-state index in [2.05, 4.69) is 225 Å². The van der Waals surface area contributed by atoms with Crippen LogP contribution in [0.1, 0.15) is 75.8 Å². The molecule has 0 saturated heterocycles. The highest BCUT2D eigenvalue weighted by Gasteiger charge is 2.57. The van der Waals surface area contributed by atoms with Crippen LogP contribution in [0.4, 0.5) is 5.69 Å². The Balaban J connectivity index is 0.854. The van der Waals surface area contributed by atoms with E-state index in [1.165, 1.54) is 89.0 Å². The first-order chi connectivity index (χ1) is 32.2. The van der Waals surface area contributed by atoms with Crippen LogP contribution in [0.15, 0.2) is 229 Å². The molecule has 1 heteroatoms. The van der Waals surface area contributed by atoms with Crippen molar-refractivity contribution in [1.82, 2.24) is 0 Å². The van der Waals surface area contributed by atoms with Crippen molar-refractivity contribution < 1.29 is 0 Å². The van der Waals surface area contributed by atoms with Gasteiger partial charge in [0.2, 0.25) is 0 Å². The minimum Gasteiger partial charge on any atom is -0.252 e. The molecule has 0 saturated carbocycles. The van der Waals surface area contributed by atoms with Crippen molar-refractivity contribution in [3.05, 3.63) is 274 Å². The summed E-state index contributed by atoms with van der Waals surface area (Å²) >= 11 is 0. The molecular formula is C64H45N. The van der Waals surface area contributed by atoms with Crippen LogP contribution in [-0.4, -0.2) is 5.71 Å². The largest absolute Gasteiger partial charge is 0.252 e. The maximum atomic E-state index is 5.43. The fourth-order valence-electron chi connectivity index (χ4n) is 13.4. The third-order valence-electron chi connectivity index (χ3n) is 15.9. The number of nitrogens with zero attached hydrogens (tertiary/aromatic N) is 1. The molecule has 0 fully saturated rings. The predicted octanol–water partition coefficient (Wildman–Crippen LogP) is 15.7. The summed E-state index contributed by atoms with van der Waals surface area (Å²) in [6, 6.07) is 68.7. The minimum atomic E-state index is -0.286. The molecule has 14 rings (SSSR count). The molecule has 0 radical (unpaired) electrons. The van der Waals surface area contributed by atoms with Crippen molar-refractivity contribution in [3.63, 3.8) is 0 Å². The molecule has 0 aromatic heterocycles. The van der Waals surface area contributed by atoms with Crippen LogP contribution in [0.3, 0.4) is 0 Å². The third kappa shape index (κ3) is 4.85. The van der Waals surface area contributed by atoms with Crippen LogP contribution in [0.5, 0.6) is 0 Å². The molecule has 306 valence electrons. The van der Waals surface area contributed by atoms with E-state index in [1.807, 2.05) is 0 Å². The van der Waals surface area contributed by atoms with Crippen molar-refractivity contribution in [3.8, 4) is 44.5 Å². The summed E-state index contributed by atoms with van der Waals surface area (Å²) in [4.78, 5) is 5.43. The van der Waals surface area contributed by atoms with Gasteiger partial charge in [0.25, 0.3) is 0 Å². The van der Waals surface area contributed by atoms with Gasteiger partial charge in [-0.3, -0.25) is 4.99 Å². The standard InChI is InChI=1S/C64H45N/c1-40(41-17-16-18-42(37-41)43-33-35-52-50-24-6-13-30-58(50)64(61(52)39-43)56-28-11-4-22-48(56)49-23-5-12-29-57(49)64)65-62-32-15-8-19-45(62)44-34-36-60-53(38-44)51-25-7-14-31-59(51)63(60)54-26-9-2-20-46(54)47-21-3-10-27-55(47)63/h2-11,13-28,30-39,46,54H,12,29H2,1H3/b65-40+. The van der Waals surface area contributed by atoms with E-state index in [-0.39, 0.29) is 10.8 Å². The van der Waals surface area contributed by atoms with Gasteiger partial charge < -0.3 is 0 Å². The SMILES string of the molecule is C/C(=N\c1ccccc1-c1ccc2c(c1)-c1ccccc1C21c2ccccc2C2C=CC=CC21)c1cccc(-c2ccc3c(c2)C2(C4=C(C=CCC4)c4ccccc42)c2ccccc2-3)c1. The Hall–Kier alpha value is -7.61. The molecule has 2 spiro atoms. The first-order valence-electron chi connectivity index (χ1n) is 23.3. The van der Waals surface area contributed by atoms with Gasteiger partial charge in [0.15, 0.2) is 0 Å². The van der Waals surface area contributed by atoms with E-state index in [0.29, 0.717) is 11.8 Å². The van der Waals surface area contributed by atoms with Crippen molar-refractivity contribution in [2.75, 3.05) is 0 Å². The van der Waals surface area contributed by atoms with E-state index in [4.69, 9.17) is 4.99 Å². The lowest BCUT2D eigenvalue weighted by atomic mass is 9.65. The number of hydrogen-bond acceptors (Lipinski definition) is 1. The molecule has 6 aliphatic rings. The second-order valence-electron chi connectivity index (χ2n) is 18.8. The van der Waals surface area contributed by atoms with E-state index < -0.39 is 0 Å². The summed E-state index contributed by atoms with van der Waals surface area (Å²) in [5.41, 5.74) is 27.0. The molecule has 4 atom stereocenters. The quantitative estimate of drug-likeness (QED) is 0.157. The number of benzene rings is 8. The molecule has 0 N–H and O–H groups in total. The third-order valence-corrected chi connectivity index (χ3v) is 15.9. The van der Waals surface area contributed by atoms with Crippen LogP contribution in [0.25, 0.3) is 50.1 Å². The van der Waals surface area contributed by atoms with Gasteiger partial charge in [-0.1, -0.05) is 194 Å². The molecule has 6 aliphatic carbocycles. The van der Waals surface area contributed by atoms with Crippen molar-refractivity contribution in [2.45, 2.75) is 36.5 Å². The fraction of sp³-hybridized carbons (Fsp3) is 0.109. The minimum absolute atomic E-state index is 0.231. The zero-order chi connectivity index (χ0) is 42.9. The van der Waals surface area contributed by atoms with Crippen molar-refractivity contribution >= 4 is 17.0 Å². The molecule has 0 bridgehead atoms. The predicted molar refractivity (Wildman–Crippen MR) is 269 cm³/mol. The summed E-state index contributed by atoms with van der Waals surface area (Å²) in [5.74, 6) is 0.675. The maximum absolute atomic E-state index is 5.43. The zero-order valence-corrected chi connectivity index (χ0v) is 36.3. The lowest BCUT2D eigenvalue weighted by molar-refractivity contribution is 0.465. The van der Waals surface area contributed by atoms with Crippen LogP contribution < -0.4 is 0 Å². The van der Waals surface area contributed by atoms with E-state index >= 15 is 0 Å². The van der Waals surface area contributed by atoms with Gasteiger partial charge in [-0.05, 0) is 144 Å². The van der Waals surface area contributed by atoms with Gasteiger partial charge in [-0.25, -0.2) is 0 Å². The van der Waals surface area contributed by atoms with Gasteiger partial charge in [-0.2, -0.15) is 0 Å². The number of hydrogen-bond donors (Lipinski definition) is 0. The average Bonchev–Trinajstić information content (AvgIpc) is 4.05. The highest BCUT2D eigenvalue weighted by atomic mass is 14.7. The van der Waals surface area contributed by atoms with E-state index in [9.17, 15) is 0 Å². The Kier molecular flexibility index (Phi) is 7.76. The lowest BCUT2D eigenvalue weighted by Crippen LogP contribution is -2.32. The lowest BCUT2D eigenvalue weighted by Gasteiger charge is -2.36. The van der Waals surface area contributed by atoms with Gasteiger partial charge >= 0.3 is 0 Å². The Labute approximate surface area is 381 Å². The summed E-state index contributed by atoms with van der Waals surface area (Å²) in [7, 11) is 0. The van der Waals surface area contributed by atoms with Gasteiger partial charge in [0.05, 0.1) is 16.5 Å². The molecule has 0 heterocycles. The second-order valence-corrected chi connectivity index (χ2v) is 18.8. The summed E-state index contributed by atoms with van der Waals surface area (Å²) in [6.45, 7) is 2.16. The Bertz CT molecular complexity index is 3530. The van der Waals surface area contributed by atoms with Gasteiger partial charge in [0.1, 0.15) is 0 Å².